The van der Waals surface area contributed by atoms with E-state index >= 15 is 0 Å². The fourth-order valence-corrected chi connectivity index (χ4v) is 3.94. The molecule has 0 saturated carbocycles. The van der Waals surface area contributed by atoms with Crippen molar-refractivity contribution in [2.24, 2.45) is 5.92 Å². The number of anilines is 2. The van der Waals surface area contributed by atoms with Crippen molar-refractivity contribution >= 4 is 23.2 Å². The average Bonchev–Trinajstić information content (AvgIpc) is 2.74. The zero-order valence-electron chi connectivity index (χ0n) is 18.3. The van der Waals surface area contributed by atoms with E-state index in [-0.39, 0.29) is 11.8 Å². The highest BCUT2D eigenvalue weighted by Crippen LogP contribution is 2.35. The van der Waals surface area contributed by atoms with Crippen LogP contribution in [0.5, 0.6) is 0 Å². The van der Waals surface area contributed by atoms with E-state index < -0.39 is 6.04 Å². The Bertz CT molecular complexity index is 850. The van der Waals surface area contributed by atoms with Gasteiger partial charge in [0, 0.05) is 43.5 Å². The van der Waals surface area contributed by atoms with Crippen LogP contribution >= 0.6 is 0 Å². The summed E-state index contributed by atoms with van der Waals surface area (Å²) in [5.74, 6) is 0.360. The number of benzene rings is 2. The highest BCUT2D eigenvalue weighted by Gasteiger charge is 2.34. The van der Waals surface area contributed by atoms with Gasteiger partial charge < -0.3 is 10.2 Å². The summed E-state index contributed by atoms with van der Waals surface area (Å²) in [7, 11) is 2.06. The van der Waals surface area contributed by atoms with Gasteiger partial charge in [0.25, 0.3) is 0 Å². The van der Waals surface area contributed by atoms with Crippen molar-refractivity contribution in [3.63, 3.8) is 0 Å². The summed E-state index contributed by atoms with van der Waals surface area (Å²) in [6, 6.07) is 16.8. The summed E-state index contributed by atoms with van der Waals surface area (Å²) in [6.45, 7) is 5.73. The quantitative estimate of drug-likeness (QED) is 0.791. The first-order valence-electron chi connectivity index (χ1n) is 10.9. The zero-order valence-corrected chi connectivity index (χ0v) is 18.3. The molecular formula is C25H33N3O2. The molecule has 0 fully saturated rings. The third-order valence-corrected chi connectivity index (χ3v) is 5.61. The minimum absolute atomic E-state index is 0.00966. The van der Waals surface area contributed by atoms with Crippen molar-refractivity contribution in [1.29, 1.82) is 0 Å². The van der Waals surface area contributed by atoms with Gasteiger partial charge in [-0.05, 0) is 43.4 Å². The van der Waals surface area contributed by atoms with Crippen molar-refractivity contribution in [1.82, 2.24) is 5.32 Å². The number of carbonyl (C=O) groups excluding carboxylic acids is 2. The highest BCUT2D eigenvalue weighted by atomic mass is 16.2. The minimum atomic E-state index is -0.705. The third-order valence-electron chi connectivity index (χ3n) is 5.61. The molecule has 1 aliphatic heterocycles. The van der Waals surface area contributed by atoms with E-state index in [2.05, 4.69) is 31.1 Å². The van der Waals surface area contributed by atoms with Crippen LogP contribution in [0.1, 0.15) is 51.1 Å². The molecule has 1 heterocycles. The van der Waals surface area contributed by atoms with Crippen LogP contribution in [0, 0.1) is 5.92 Å². The van der Waals surface area contributed by atoms with Gasteiger partial charge in [0.05, 0.1) is 0 Å². The number of hydrogen-bond acceptors (Lipinski definition) is 3. The average molecular weight is 408 g/mol. The molecule has 2 aromatic rings. The number of rotatable bonds is 5. The molecule has 2 aromatic carbocycles. The van der Waals surface area contributed by atoms with Crippen LogP contribution in [0.3, 0.4) is 0 Å². The molecule has 1 aliphatic rings. The molecule has 0 saturated heterocycles. The molecule has 1 unspecified atom stereocenters. The number of nitrogens with one attached hydrogen (secondary N) is 1. The van der Waals surface area contributed by atoms with Gasteiger partial charge in [-0.1, -0.05) is 50.2 Å². The Morgan fingerprint density at radius 2 is 1.77 bits per heavy atom. The van der Waals surface area contributed by atoms with E-state index in [1.807, 2.05) is 54.6 Å². The van der Waals surface area contributed by atoms with Gasteiger partial charge in [0.2, 0.25) is 11.8 Å². The molecule has 5 nitrogen and oxygen atoms in total. The first-order chi connectivity index (χ1) is 14.5. The molecule has 30 heavy (non-hydrogen) atoms. The first kappa shape index (κ1) is 21.9. The number of hydrogen-bond donors (Lipinski definition) is 1. The van der Waals surface area contributed by atoms with Crippen LogP contribution in [0.2, 0.25) is 0 Å². The van der Waals surface area contributed by atoms with E-state index in [0.29, 0.717) is 18.9 Å². The SMILES string of the molecule is CC(C)CCNC(=O)C1c2ccccc2N(C)CCCCC(=O)N1c1ccccc1. The lowest BCUT2D eigenvalue weighted by Gasteiger charge is -2.35. The van der Waals surface area contributed by atoms with Crippen molar-refractivity contribution in [2.75, 3.05) is 29.9 Å². The Kier molecular flexibility index (Phi) is 7.50. The molecular weight excluding hydrogens is 374 g/mol. The third kappa shape index (κ3) is 5.21. The van der Waals surface area contributed by atoms with Gasteiger partial charge in [-0.15, -0.1) is 0 Å². The maximum atomic E-state index is 13.5. The van der Waals surface area contributed by atoms with Crippen LogP contribution in [-0.4, -0.2) is 32.0 Å². The molecule has 0 spiro atoms. The predicted octanol–water partition coefficient (Wildman–Crippen LogP) is 4.54. The standard InChI is InChI=1S/C25H33N3O2/c1-19(2)16-17-26-25(30)24-21-13-7-8-14-22(21)27(3)18-10-9-15-23(29)28(24)20-11-5-4-6-12-20/h4-8,11-14,19,24H,9-10,15-18H2,1-3H3,(H,26,30). The molecule has 160 valence electrons. The van der Waals surface area contributed by atoms with E-state index in [0.717, 1.165) is 42.7 Å². The van der Waals surface area contributed by atoms with Crippen LogP contribution in [0.4, 0.5) is 11.4 Å². The number of amides is 2. The smallest absolute Gasteiger partial charge is 0.247 e. The molecule has 0 aromatic heterocycles. The zero-order chi connectivity index (χ0) is 21.5. The largest absolute Gasteiger partial charge is 0.374 e. The maximum absolute atomic E-state index is 13.5. The number of fused-ring (bicyclic) bond motifs is 1. The molecule has 3 rings (SSSR count). The lowest BCUT2D eigenvalue weighted by molar-refractivity contribution is -0.126. The summed E-state index contributed by atoms with van der Waals surface area (Å²) in [5, 5.41) is 3.09. The second kappa shape index (κ2) is 10.3. The van der Waals surface area contributed by atoms with Gasteiger partial charge >= 0.3 is 0 Å². The van der Waals surface area contributed by atoms with Gasteiger partial charge in [-0.25, -0.2) is 0 Å². The highest BCUT2D eigenvalue weighted by molar-refractivity contribution is 6.02. The number of nitrogens with zero attached hydrogens (tertiary/aromatic N) is 2. The number of carbonyl (C=O) groups is 2. The van der Waals surface area contributed by atoms with Crippen molar-refractivity contribution < 1.29 is 9.59 Å². The minimum Gasteiger partial charge on any atom is -0.374 e. The van der Waals surface area contributed by atoms with Crippen molar-refractivity contribution in [3.05, 3.63) is 60.2 Å². The Hall–Kier alpha value is -2.82. The predicted molar refractivity (Wildman–Crippen MR) is 123 cm³/mol. The summed E-state index contributed by atoms with van der Waals surface area (Å²) < 4.78 is 0. The topological polar surface area (TPSA) is 52.7 Å². The molecule has 0 bridgehead atoms. The Morgan fingerprint density at radius 1 is 1.07 bits per heavy atom. The molecule has 0 radical (unpaired) electrons. The van der Waals surface area contributed by atoms with E-state index in [1.54, 1.807) is 4.90 Å². The van der Waals surface area contributed by atoms with Gasteiger partial charge in [-0.2, -0.15) is 0 Å². The van der Waals surface area contributed by atoms with Crippen LogP contribution in [0.25, 0.3) is 0 Å². The van der Waals surface area contributed by atoms with Gasteiger partial charge in [0.15, 0.2) is 0 Å². The molecule has 2 amide bonds. The lowest BCUT2D eigenvalue weighted by atomic mass is 9.98. The van der Waals surface area contributed by atoms with E-state index in [1.165, 1.54) is 0 Å². The Labute approximate surface area is 180 Å². The maximum Gasteiger partial charge on any atom is 0.247 e. The second-order valence-electron chi connectivity index (χ2n) is 8.41. The van der Waals surface area contributed by atoms with Crippen LogP contribution in [-0.2, 0) is 9.59 Å². The fourth-order valence-electron chi connectivity index (χ4n) is 3.94. The normalized spacial score (nSPS) is 17.6. The summed E-state index contributed by atoms with van der Waals surface area (Å²) in [5.41, 5.74) is 2.61. The lowest BCUT2D eigenvalue weighted by Crippen LogP contribution is -2.45. The van der Waals surface area contributed by atoms with Gasteiger partial charge in [0.1, 0.15) is 6.04 Å². The summed E-state index contributed by atoms with van der Waals surface area (Å²) >= 11 is 0. The molecule has 1 N–H and O–H groups in total. The Morgan fingerprint density at radius 3 is 2.50 bits per heavy atom. The Balaban J connectivity index is 2.09. The van der Waals surface area contributed by atoms with E-state index in [9.17, 15) is 9.59 Å². The molecule has 5 heteroatoms. The van der Waals surface area contributed by atoms with E-state index in [4.69, 9.17) is 0 Å². The van der Waals surface area contributed by atoms with Crippen LogP contribution < -0.4 is 15.1 Å². The summed E-state index contributed by atoms with van der Waals surface area (Å²) in [6.07, 6.45) is 3.07. The van der Waals surface area contributed by atoms with Crippen LogP contribution in [0.15, 0.2) is 54.6 Å². The molecule has 0 aliphatic carbocycles. The fraction of sp³-hybridized carbons (Fsp3) is 0.440. The number of para-hydroxylation sites is 2. The monoisotopic (exact) mass is 407 g/mol. The van der Waals surface area contributed by atoms with Crippen molar-refractivity contribution in [3.8, 4) is 0 Å². The first-order valence-corrected chi connectivity index (χ1v) is 10.9. The van der Waals surface area contributed by atoms with Crippen molar-refractivity contribution in [2.45, 2.75) is 45.6 Å². The second-order valence-corrected chi connectivity index (χ2v) is 8.41. The summed E-state index contributed by atoms with van der Waals surface area (Å²) in [4.78, 5) is 30.8. The van der Waals surface area contributed by atoms with Gasteiger partial charge in [-0.3, -0.25) is 14.5 Å². The molecule has 1 atom stereocenters.